The standard InChI is InChI=1S/C10H15F3O5S/c11-6-8(10(12,13)19(15,16)17)18-9(14)7-4-2-1-3-5-7/h7-8H,1-6H2,(H,15,16,17). The Hall–Kier alpha value is -0.830. The highest BCUT2D eigenvalue weighted by Gasteiger charge is 2.54. The second kappa shape index (κ2) is 6.08. The summed E-state index contributed by atoms with van der Waals surface area (Å²) in [5.41, 5.74) is 0. The van der Waals surface area contributed by atoms with Crippen molar-refractivity contribution >= 4 is 16.1 Å². The lowest BCUT2D eigenvalue weighted by molar-refractivity contribution is -0.169. The number of alkyl halides is 3. The van der Waals surface area contributed by atoms with Crippen molar-refractivity contribution in [2.75, 3.05) is 6.67 Å². The van der Waals surface area contributed by atoms with Crippen molar-refractivity contribution in [1.29, 1.82) is 0 Å². The summed E-state index contributed by atoms with van der Waals surface area (Å²) in [6.07, 6.45) is 0.433. The molecule has 0 aromatic carbocycles. The zero-order chi connectivity index (χ0) is 14.7. The molecule has 19 heavy (non-hydrogen) atoms. The van der Waals surface area contributed by atoms with Crippen molar-refractivity contribution in [3.05, 3.63) is 0 Å². The van der Waals surface area contributed by atoms with Gasteiger partial charge in [-0.05, 0) is 12.8 Å². The molecule has 0 saturated heterocycles. The smallest absolute Gasteiger partial charge is 0.408 e. The first-order valence-electron chi connectivity index (χ1n) is 5.81. The normalized spacial score (nSPS) is 20.0. The van der Waals surface area contributed by atoms with Gasteiger partial charge in [0, 0.05) is 0 Å². The number of hydrogen-bond acceptors (Lipinski definition) is 4. The van der Waals surface area contributed by atoms with Crippen LogP contribution < -0.4 is 0 Å². The molecular formula is C10H15F3O5S. The predicted molar refractivity (Wildman–Crippen MR) is 58.9 cm³/mol. The molecule has 112 valence electrons. The number of hydrogen-bond donors (Lipinski definition) is 1. The van der Waals surface area contributed by atoms with Crippen LogP contribution in [0.1, 0.15) is 32.1 Å². The van der Waals surface area contributed by atoms with Crippen LogP contribution in [0.5, 0.6) is 0 Å². The molecule has 0 aromatic heterocycles. The molecule has 0 aromatic rings. The zero-order valence-corrected chi connectivity index (χ0v) is 10.8. The highest BCUT2D eigenvalue weighted by Crippen LogP contribution is 2.30. The quantitative estimate of drug-likeness (QED) is 0.620. The molecule has 1 N–H and O–H groups in total. The van der Waals surface area contributed by atoms with Gasteiger partial charge in [-0.3, -0.25) is 9.35 Å². The van der Waals surface area contributed by atoms with Gasteiger partial charge in [-0.15, -0.1) is 0 Å². The second-order valence-electron chi connectivity index (χ2n) is 4.45. The van der Waals surface area contributed by atoms with E-state index in [1.807, 2.05) is 0 Å². The Morgan fingerprint density at radius 1 is 1.32 bits per heavy atom. The molecule has 0 spiro atoms. The lowest BCUT2D eigenvalue weighted by Crippen LogP contribution is -2.46. The van der Waals surface area contributed by atoms with E-state index in [0.29, 0.717) is 12.8 Å². The highest BCUT2D eigenvalue weighted by molar-refractivity contribution is 7.86. The van der Waals surface area contributed by atoms with E-state index < -0.39 is 40.0 Å². The fraction of sp³-hybridized carbons (Fsp3) is 0.900. The molecular weight excluding hydrogens is 289 g/mol. The lowest BCUT2D eigenvalue weighted by Gasteiger charge is -2.25. The summed E-state index contributed by atoms with van der Waals surface area (Å²) in [7, 11) is -5.84. The van der Waals surface area contributed by atoms with E-state index in [-0.39, 0.29) is 0 Å². The number of carbonyl (C=O) groups is 1. The van der Waals surface area contributed by atoms with Gasteiger partial charge in [-0.25, -0.2) is 4.39 Å². The Balaban J connectivity index is 2.74. The van der Waals surface area contributed by atoms with E-state index in [0.717, 1.165) is 19.3 Å². The topological polar surface area (TPSA) is 80.7 Å². The average Bonchev–Trinajstić information content (AvgIpc) is 2.35. The summed E-state index contributed by atoms with van der Waals surface area (Å²) in [5.74, 6) is -1.68. The van der Waals surface area contributed by atoms with Crippen LogP contribution >= 0.6 is 0 Å². The van der Waals surface area contributed by atoms with Gasteiger partial charge in [0.2, 0.25) is 6.10 Å². The summed E-state index contributed by atoms with van der Waals surface area (Å²) < 4.78 is 72.3. The maximum absolute atomic E-state index is 13.2. The number of ether oxygens (including phenoxy) is 1. The minimum Gasteiger partial charge on any atom is -0.452 e. The van der Waals surface area contributed by atoms with E-state index in [1.165, 1.54) is 0 Å². The molecule has 1 saturated carbocycles. The fourth-order valence-electron chi connectivity index (χ4n) is 1.93. The summed E-state index contributed by atoms with van der Waals surface area (Å²) in [6, 6.07) is 0. The molecule has 0 bridgehead atoms. The van der Waals surface area contributed by atoms with Gasteiger partial charge in [0.05, 0.1) is 5.92 Å². The number of esters is 1. The first kappa shape index (κ1) is 16.2. The molecule has 9 heteroatoms. The monoisotopic (exact) mass is 304 g/mol. The molecule has 0 aliphatic heterocycles. The van der Waals surface area contributed by atoms with Crippen LogP contribution in [0, 0.1) is 5.92 Å². The number of carbonyl (C=O) groups excluding carboxylic acids is 1. The molecule has 1 aliphatic carbocycles. The SMILES string of the molecule is O=C(OC(CF)C(F)(F)S(=O)(=O)O)C1CCCCC1. The van der Waals surface area contributed by atoms with Gasteiger partial charge in [0.1, 0.15) is 6.67 Å². The van der Waals surface area contributed by atoms with Crippen LogP contribution in [0.4, 0.5) is 13.2 Å². The van der Waals surface area contributed by atoms with Crippen LogP contribution in [0.25, 0.3) is 0 Å². The lowest BCUT2D eigenvalue weighted by atomic mass is 9.89. The average molecular weight is 304 g/mol. The van der Waals surface area contributed by atoms with E-state index in [4.69, 9.17) is 4.55 Å². The fourth-order valence-corrected chi connectivity index (χ4v) is 2.37. The van der Waals surface area contributed by atoms with Gasteiger partial charge >= 0.3 is 21.3 Å². The Bertz CT molecular complexity index is 417. The van der Waals surface area contributed by atoms with Crippen LogP contribution in [-0.4, -0.2) is 37.0 Å². The van der Waals surface area contributed by atoms with Crippen molar-refractivity contribution < 1.29 is 35.7 Å². The van der Waals surface area contributed by atoms with Gasteiger partial charge < -0.3 is 4.74 Å². The molecule has 0 heterocycles. The third kappa shape index (κ3) is 3.82. The summed E-state index contributed by atoms with van der Waals surface area (Å²) in [5, 5.41) is -4.86. The third-order valence-electron chi connectivity index (χ3n) is 3.06. The molecule has 1 fully saturated rings. The first-order chi connectivity index (χ1) is 8.70. The molecule has 1 atom stereocenters. The number of rotatable bonds is 5. The first-order valence-corrected chi connectivity index (χ1v) is 7.25. The second-order valence-corrected chi connectivity index (χ2v) is 5.95. The van der Waals surface area contributed by atoms with Crippen molar-refractivity contribution in [2.45, 2.75) is 43.5 Å². The summed E-state index contributed by atoms with van der Waals surface area (Å²) in [6.45, 7) is -1.90. The highest BCUT2D eigenvalue weighted by atomic mass is 32.2. The Morgan fingerprint density at radius 2 is 1.84 bits per heavy atom. The molecule has 0 amide bonds. The van der Waals surface area contributed by atoms with Crippen LogP contribution in [0.3, 0.4) is 0 Å². The third-order valence-corrected chi connectivity index (χ3v) is 4.01. The molecule has 1 rings (SSSR count). The van der Waals surface area contributed by atoms with E-state index in [9.17, 15) is 26.4 Å². The Morgan fingerprint density at radius 3 is 2.26 bits per heavy atom. The van der Waals surface area contributed by atoms with Gasteiger partial charge in [-0.2, -0.15) is 17.2 Å². The number of halogens is 3. The van der Waals surface area contributed by atoms with Gasteiger partial charge in [0.25, 0.3) is 0 Å². The van der Waals surface area contributed by atoms with Gasteiger partial charge in [0.15, 0.2) is 0 Å². The van der Waals surface area contributed by atoms with E-state index in [1.54, 1.807) is 0 Å². The van der Waals surface area contributed by atoms with Crippen molar-refractivity contribution in [1.82, 2.24) is 0 Å². The van der Waals surface area contributed by atoms with Crippen LogP contribution in [-0.2, 0) is 19.6 Å². The largest absolute Gasteiger partial charge is 0.452 e. The van der Waals surface area contributed by atoms with Crippen molar-refractivity contribution in [3.63, 3.8) is 0 Å². The Kier molecular flexibility index (Phi) is 5.19. The maximum atomic E-state index is 13.2. The maximum Gasteiger partial charge on any atom is 0.408 e. The van der Waals surface area contributed by atoms with Crippen molar-refractivity contribution in [3.8, 4) is 0 Å². The van der Waals surface area contributed by atoms with E-state index >= 15 is 0 Å². The van der Waals surface area contributed by atoms with E-state index in [2.05, 4.69) is 4.74 Å². The summed E-state index contributed by atoms with van der Waals surface area (Å²) in [4.78, 5) is 11.5. The summed E-state index contributed by atoms with van der Waals surface area (Å²) >= 11 is 0. The van der Waals surface area contributed by atoms with Gasteiger partial charge in [-0.1, -0.05) is 19.3 Å². The zero-order valence-electron chi connectivity index (χ0n) is 10.0. The molecule has 1 unspecified atom stereocenters. The minimum absolute atomic E-state index is 0.440. The predicted octanol–water partition coefficient (Wildman–Crippen LogP) is 1.93. The molecule has 0 radical (unpaired) electrons. The molecule has 5 nitrogen and oxygen atoms in total. The Labute approximate surface area is 108 Å². The minimum atomic E-state index is -5.84. The van der Waals surface area contributed by atoms with Crippen molar-refractivity contribution in [2.24, 2.45) is 5.92 Å². The molecule has 1 aliphatic rings. The van der Waals surface area contributed by atoms with Crippen LogP contribution in [0.15, 0.2) is 0 Å². The van der Waals surface area contributed by atoms with Crippen LogP contribution in [0.2, 0.25) is 0 Å².